The Morgan fingerprint density at radius 2 is 1.94 bits per heavy atom. The molecule has 4 nitrogen and oxygen atoms in total. The number of rotatable bonds is 5. The van der Waals surface area contributed by atoms with Gasteiger partial charge in [0.2, 0.25) is 10.0 Å². The Bertz CT molecular complexity index is 350. The number of sulfonamides is 1. The number of nitrogens with zero attached hydrogens (tertiary/aromatic N) is 1. The summed E-state index contributed by atoms with van der Waals surface area (Å²) in [4.78, 5) is 0. The van der Waals surface area contributed by atoms with Crippen LogP contribution in [0.4, 0.5) is 0 Å². The molecule has 2 aliphatic rings. The highest BCUT2D eigenvalue weighted by molar-refractivity contribution is 7.90. The first-order chi connectivity index (χ1) is 8.01. The Morgan fingerprint density at radius 3 is 2.53 bits per heavy atom. The zero-order valence-electron chi connectivity index (χ0n) is 10.9. The van der Waals surface area contributed by atoms with Crippen molar-refractivity contribution < 1.29 is 8.42 Å². The van der Waals surface area contributed by atoms with Gasteiger partial charge >= 0.3 is 0 Å². The molecule has 1 saturated heterocycles. The van der Waals surface area contributed by atoms with Crippen LogP contribution in [0.2, 0.25) is 0 Å². The van der Waals surface area contributed by atoms with Crippen LogP contribution >= 0.6 is 0 Å². The predicted octanol–water partition coefficient (Wildman–Crippen LogP) is 1.33. The first kappa shape index (κ1) is 13.3. The normalized spacial score (nSPS) is 27.6. The highest BCUT2D eigenvalue weighted by Gasteiger charge is 2.43. The molecule has 2 fully saturated rings. The van der Waals surface area contributed by atoms with Crippen molar-refractivity contribution in [1.82, 2.24) is 9.62 Å². The van der Waals surface area contributed by atoms with Gasteiger partial charge in [0.05, 0.1) is 5.25 Å². The fourth-order valence-corrected chi connectivity index (χ4v) is 4.54. The molecule has 100 valence electrons. The molecule has 0 amide bonds. The minimum atomic E-state index is -2.99. The average Bonchev–Trinajstić information content (AvgIpc) is 3.10. The van der Waals surface area contributed by atoms with E-state index >= 15 is 0 Å². The maximum Gasteiger partial charge on any atom is 0.217 e. The van der Waals surface area contributed by atoms with Crippen molar-refractivity contribution in [2.45, 2.75) is 63.3 Å². The second-order valence-corrected chi connectivity index (χ2v) is 7.73. The second kappa shape index (κ2) is 5.24. The summed E-state index contributed by atoms with van der Waals surface area (Å²) >= 11 is 0. The Balaban J connectivity index is 2.01. The van der Waals surface area contributed by atoms with E-state index in [1.54, 1.807) is 4.31 Å². The van der Waals surface area contributed by atoms with Gasteiger partial charge in [0.15, 0.2) is 0 Å². The number of nitrogens with one attached hydrogen (secondary N) is 1. The summed E-state index contributed by atoms with van der Waals surface area (Å²) in [5, 5.41) is 3.30. The Morgan fingerprint density at radius 1 is 1.24 bits per heavy atom. The van der Waals surface area contributed by atoms with Crippen molar-refractivity contribution in [2.75, 3.05) is 13.1 Å². The van der Waals surface area contributed by atoms with Crippen molar-refractivity contribution in [3.63, 3.8) is 0 Å². The molecule has 1 aliphatic heterocycles. The van der Waals surface area contributed by atoms with Gasteiger partial charge in [0.1, 0.15) is 0 Å². The highest BCUT2D eigenvalue weighted by atomic mass is 32.2. The van der Waals surface area contributed by atoms with E-state index in [1.165, 1.54) is 0 Å². The smallest absolute Gasteiger partial charge is 0.217 e. The topological polar surface area (TPSA) is 49.4 Å². The molecule has 1 atom stereocenters. The monoisotopic (exact) mass is 260 g/mol. The van der Waals surface area contributed by atoms with Gasteiger partial charge in [-0.1, -0.05) is 20.3 Å². The first-order valence-corrected chi connectivity index (χ1v) is 8.26. The third-order valence-corrected chi connectivity index (χ3v) is 6.06. The molecule has 1 saturated carbocycles. The van der Waals surface area contributed by atoms with Gasteiger partial charge in [-0.05, 0) is 25.7 Å². The third-order valence-electron chi connectivity index (χ3n) is 3.61. The fourth-order valence-electron chi connectivity index (χ4n) is 2.44. The van der Waals surface area contributed by atoms with Gasteiger partial charge < -0.3 is 5.32 Å². The van der Waals surface area contributed by atoms with E-state index < -0.39 is 10.0 Å². The van der Waals surface area contributed by atoms with E-state index in [0.29, 0.717) is 6.04 Å². The zero-order chi connectivity index (χ0) is 12.5. The quantitative estimate of drug-likeness (QED) is 0.811. The van der Waals surface area contributed by atoms with Gasteiger partial charge in [-0.2, -0.15) is 4.31 Å². The summed E-state index contributed by atoms with van der Waals surface area (Å²) in [6.45, 7) is 5.72. The summed E-state index contributed by atoms with van der Waals surface area (Å²) < 4.78 is 26.4. The maximum absolute atomic E-state index is 12.3. The van der Waals surface area contributed by atoms with Crippen LogP contribution in [0.3, 0.4) is 0 Å². The molecule has 1 N–H and O–H groups in total. The van der Waals surface area contributed by atoms with Crippen LogP contribution in [0.25, 0.3) is 0 Å². The second-order valence-electron chi connectivity index (χ2n) is 5.57. The molecule has 0 spiro atoms. The molecule has 0 aromatic rings. The molecule has 0 bridgehead atoms. The highest BCUT2D eigenvalue weighted by Crippen LogP contribution is 2.34. The van der Waals surface area contributed by atoms with Crippen LogP contribution in [0.1, 0.15) is 46.0 Å². The SMILES string of the molecule is CC(C)NCC1CCCCN1S(=O)(=O)C1CC1. The lowest BCUT2D eigenvalue weighted by atomic mass is 10.0. The molecule has 2 rings (SSSR count). The minimum Gasteiger partial charge on any atom is -0.313 e. The summed E-state index contributed by atoms with van der Waals surface area (Å²) in [5.74, 6) is 0. The van der Waals surface area contributed by atoms with E-state index in [2.05, 4.69) is 19.2 Å². The Labute approximate surface area is 105 Å². The lowest BCUT2D eigenvalue weighted by molar-refractivity contribution is 0.241. The van der Waals surface area contributed by atoms with Gasteiger partial charge in [0, 0.05) is 25.2 Å². The van der Waals surface area contributed by atoms with Crippen molar-refractivity contribution >= 4 is 10.0 Å². The standard InChI is InChI=1S/C12H24N2O2S/c1-10(2)13-9-11-5-3-4-8-14(11)17(15,16)12-6-7-12/h10-13H,3-9H2,1-2H3. The van der Waals surface area contributed by atoms with E-state index in [-0.39, 0.29) is 11.3 Å². The molecule has 5 heteroatoms. The van der Waals surface area contributed by atoms with Crippen molar-refractivity contribution in [3.05, 3.63) is 0 Å². The van der Waals surface area contributed by atoms with Crippen LogP contribution in [-0.4, -0.2) is 43.1 Å². The molecular weight excluding hydrogens is 236 g/mol. The minimum absolute atomic E-state index is 0.0675. The van der Waals surface area contributed by atoms with Crippen molar-refractivity contribution in [2.24, 2.45) is 0 Å². The van der Waals surface area contributed by atoms with E-state index in [4.69, 9.17) is 0 Å². The van der Waals surface area contributed by atoms with Gasteiger partial charge in [0.25, 0.3) is 0 Å². The lowest BCUT2D eigenvalue weighted by Gasteiger charge is -2.35. The van der Waals surface area contributed by atoms with Gasteiger partial charge in [-0.3, -0.25) is 0 Å². The summed E-state index contributed by atoms with van der Waals surface area (Å²) in [6.07, 6.45) is 4.91. The van der Waals surface area contributed by atoms with E-state index in [0.717, 1.165) is 45.2 Å². The summed E-state index contributed by atoms with van der Waals surface area (Å²) in [7, 11) is -2.99. The van der Waals surface area contributed by atoms with Crippen LogP contribution in [-0.2, 0) is 10.0 Å². The molecular formula is C12H24N2O2S. The Kier molecular flexibility index (Phi) is 4.10. The van der Waals surface area contributed by atoms with E-state index in [1.807, 2.05) is 0 Å². The number of piperidine rings is 1. The largest absolute Gasteiger partial charge is 0.313 e. The summed E-state index contributed by atoms with van der Waals surface area (Å²) in [5.41, 5.74) is 0. The molecule has 0 aromatic heterocycles. The molecule has 0 radical (unpaired) electrons. The zero-order valence-corrected chi connectivity index (χ0v) is 11.7. The molecule has 0 aromatic carbocycles. The van der Waals surface area contributed by atoms with Crippen LogP contribution in [0.15, 0.2) is 0 Å². The van der Waals surface area contributed by atoms with Crippen molar-refractivity contribution in [1.29, 1.82) is 0 Å². The predicted molar refractivity (Wildman–Crippen MR) is 69.4 cm³/mol. The maximum atomic E-state index is 12.3. The van der Waals surface area contributed by atoms with Gasteiger partial charge in [-0.25, -0.2) is 8.42 Å². The number of hydrogen-bond acceptors (Lipinski definition) is 3. The molecule has 1 unspecified atom stereocenters. The molecule has 1 heterocycles. The fraction of sp³-hybridized carbons (Fsp3) is 1.00. The molecule has 17 heavy (non-hydrogen) atoms. The number of hydrogen-bond donors (Lipinski definition) is 1. The van der Waals surface area contributed by atoms with Crippen LogP contribution < -0.4 is 5.32 Å². The first-order valence-electron chi connectivity index (χ1n) is 6.76. The van der Waals surface area contributed by atoms with Gasteiger partial charge in [-0.15, -0.1) is 0 Å². The van der Waals surface area contributed by atoms with Crippen molar-refractivity contribution in [3.8, 4) is 0 Å². The summed E-state index contributed by atoms with van der Waals surface area (Å²) in [6, 6.07) is 0.596. The average molecular weight is 260 g/mol. The van der Waals surface area contributed by atoms with Crippen LogP contribution in [0, 0.1) is 0 Å². The molecule has 1 aliphatic carbocycles. The third kappa shape index (κ3) is 3.20. The van der Waals surface area contributed by atoms with E-state index in [9.17, 15) is 8.42 Å². The Hall–Kier alpha value is -0.130. The lowest BCUT2D eigenvalue weighted by Crippen LogP contribution is -2.50. The van der Waals surface area contributed by atoms with Crippen LogP contribution in [0.5, 0.6) is 0 Å².